The second-order valence-corrected chi connectivity index (χ2v) is 6.95. The lowest BCUT2D eigenvalue weighted by Crippen LogP contribution is -2.35. The molecule has 0 unspecified atom stereocenters. The van der Waals surface area contributed by atoms with Crippen molar-refractivity contribution >= 4 is 15.9 Å². The number of benzene rings is 1. The summed E-state index contributed by atoms with van der Waals surface area (Å²) in [7, 11) is -3.91. The summed E-state index contributed by atoms with van der Waals surface area (Å²) < 4.78 is 31.6. The molecular weight excluding hydrogens is 294 g/mol. The van der Waals surface area contributed by atoms with E-state index < -0.39 is 21.3 Å². The molecule has 1 aliphatic rings. The van der Waals surface area contributed by atoms with Crippen LogP contribution in [0, 0.1) is 5.41 Å². The minimum absolute atomic E-state index is 0.0178. The van der Waals surface area contributed by atoms with Gasteiger partial charge in [-0.05, 0) is 31.0 Å². The highest BCUT2D eigenvalue weighted by Gasteiger charge is 2.46. The SMILES string of the molecule is CC1(C(=O)NS(=O)(=O)c2cccc(-c3nnco3)c2)CC1. The molecule has 0 atom stereocenters. The van der Waals surface area contributed by atoms with Gasteiger partial charge in [-0.3, -0.25) is 4.79 Å². The molecule has 1 heterocycles. The molecule has 1 N–H and O–H groups in total. The van der Waals surface area contributed by atoms with E-state index in [0.717, 1.165) is 6.39 Å². The van der Waals surface area contributed by atoms with E-state index in [1.165, 1.54) is 12.1 Å². The van der Waals surface area contributed by atoms with E-state index in [9.17, 15) is 13.2 Å². The van der Waals surface area contributed by atoms with Gasteiger partial charge >= 0.3 is 0 Å². The van der Waals surface area contributed by atoms with E-state index in [4.69, 9.17) is 4.42 Å². The summed E-state index contributed by atoms with van der Waals surface area (Å²) in [5.41, 5.74) is -0.0857. The molecule has 0 saturated heterocycles. The lowest BCUT2D eigenvalue weighted by Gasteiger charge is -2.11. The van der Waals surface area contributed by atoms with Gasteiger partial charge in [0.25, 0.3) is 10.0 Å². The molecule has 8 heteroatoms. The van der Waals surface area contributed by atoms with Gasteiger partial charge in [-0.2, -0.15) is 0 Å². The van der Waals surface area contributed by atoms with E-state index in [-0.39, 0.29) is 10.8 Å². The van der Waals surface area contributed by atoms with Gasteiger partial charge in [-0.15, -0.1) is 10.2 Å². The second kappa shape index (κ2) is 4.66. The van der Waals surface area contributed by atoms with Crippen LogP contribution < -0.4 is 4.72 Å². The summed E-state index contributed by atoms with van der Waals surface area (Å²) in [5, 5.41) is 7.26. The van der Waals surface area contributed by atoms with Crippen LogP contribution in [0.15, 0.2) is 40.0 Å². The van der Waals surface area contributed by atoms with Crippen molar-refractivity contribution in [2.75, 3.05) is 0 Å². The number of nitrogens with zero attached hydrogens (tertiary/aromatic N) is 2. The topological polar surface area (TPSA) is 102 Å². The van der Waals surface area contributed by atoms with Crippen molar-refractivity contribution in [1.82, 2.24) is 14.9 Å². The number of aromatic nitrogens is 2. The van der Waals surface area contributed by atoms with Gasteiger partial charge in [0, 0.05) is 11.0 Å². The quantitative estimate of drug-likeness (QED) is 0.914. The Bertz CT molecular complexity index is 780. The van der Waals surface area contributed by atoms with E-state index >= 15 is 0 Å². The Morgan fingerprint density at radius 3 is 2.76 bits per heavy atom. The van der Waals surface area contributed by atoms with Gasteiger partial charge in [0.05, 0.1) is 4.90 Å². The normalized spacial score (nSPS) is 16.4. The van der Waals surface area contributed by atoms with Crippen LogP contribution in [0.25, 0.3) is 11.5 Å². The van der Waals surface area contributed by atoms with Crippen molar-refractivity contribution in [2.24, 2.45) is 5.41 Å². The molecule has 7 nitrogen and oxygen atoms in total. The molecule has 21 heavy (non-hydrogen) atoms. The first-order valence-electron chi connectivity index (χ1n) is 6.35. The molecular formula is C13H13N3O4S. The Kier molecular flexibility index (Phi) is 3.05. The highest BCUT2D eigenvalue weighted by molar-refractivity contribution is 7.90. The van der Waals surface area contributed by atoms with Crippen molar-refractivity contribution < 1.29 is 17.6 Å². The van der Waals surface area contributed by atoms with Gasteiger partial charge in [-0.25, -0.2) is 13.1 Å². The third kappa shape index (κ3) is 2.66. The van der Waals surface area contributed by atoms with Crippen LogP contribution in [0.2, 0.25) is 0 Å². The summed E-state index contributed by atoms with van der Waals surface area (Å²) in [6, 6.07) is 6.00. The molecule has 0 bridgehead atoms. The van der Waals surface area contributed by atoms with Gasteiger partial charge < -0.3 is 4.42 Å². The van der Waals surface area contributed by atoms with Crippen molar-refractivity contribution in [3.8, 4) is 11.5 Å². The van der Waals surface area contributed by atoms with Crippen molar-refractivity contribution in [3.05, 3.63) is 30.7 Å². The van der Waals surface area contributed by atoms with Crippen molar-refractivity contribution in [3.63, 3.8) is 0 Å². The number of amides is 1. The first-order valence-corrected chi connectivity index (χ1v) is 7.83. The average molecular weight is 307 g/mol. The predicted octanol–water partition coefficient (Wildman–Crippen LogP) is 1.34. The van der Waals surface area contributed by atoms with Gasteiger partial charge in [-0.1, -0.05) is 13.0 Å². The molecule has 110 valence electrons. The molecule has 0 aliphatic heterocycles. The average Bonchev–Trinajstić information content (AvgIpc) is 3.01. The number of rotatable bonds is 4. The first kappa shape index (κ1) is 13.7. The Hall–Kier alpha value is -2.22. The molecule has 0 spiro atoms. The number of carbonyl (C=O) groups excluding carboxylic acids is 1. The minimum atomic E-state index is -3.91. The fourth-order valence-electron chi connectivity index (χ4n) is 1.81. The Morgan fingerprint density at radius 2 is 2.14 bits per heavy atom. The Balaban J connectivity index is 1.89. The van der Waals surface area contributed by atoms with Crippen LogP contribution in [-0.2, 0) is 14.8 Å². The van der Waals surface area contributed by atoms with Crippen LogP contribution in [-0.4, -0.2) is 24.5 Å². The van der Waals surface area contributed by atoms with Gasteiger partial charge in [0.2, 0.25) is 18.2 Å². The van der Waals surface area contributed by atoms with Crippen molar-refractivity contribution in [1.29, 1.82) is 0 Å². The zero-order chi connectivity index (χ0) is 15.1. The van der Waals surface area contributed by atoms with E-state index in [0.29, 0.717) is 18.4 Å². The zero-order valence-corrected chi connectivity index (χ0v) is 12.1. The van der Waals surface area contributed by atoms with Crippen LogP contribution in [0.3, 0.4) is 0 Å². The summed E-state index contributed by atoms with van der Waals surface area (Å²) in [5.74, 6) is -0.252. The van der Waals surface area contributed by atoms with Crippen LogP contribution in [0.5, 0.6) is 0 Å². The molecule has 1 aromatic carbocycles. The molecule has 1 fully saturated rings. The lowest BCUT2D eigenvalue weighted by atomic mass is 10.1. The second-order valence-electron chi connectivity index (χ2n) is 5.27. The van der Waals surface area contributed by atoms with Crippen molar-refractivity contribution in [2.45, 2.75) is 24.7 Å². The Labute approximate surface area is 121 Å². The molecule has 2 aromatic rings. The minimum Gasteiger partial charge on any atom is -0.423 e. The standard InChI is InChI=1S/C13H13N3O4S/c1-13(5-6-13)12(17)16-21(18,19)10-4-2-3-9(7-10)11-15-14-8-20-11/h2-4,7-8H,5-6H2,1H3,(H,16,17). The molecule has 1 aromatic heterocycles. The summed E-state index contributed by atoms with van der Waals surface area (Å²) in [4.78, 5) is 11.9. The predicted molar refractivity (Wildman–Crippen MR) is 72.4 cm³/mol. The molecule has 3 rings (SSSR count). The number of hydrogen-bond donors (Lipinski definition) is 1. The van der Waals surface area contributed by atoms with E-state index in [1.807, 2.05) is 0 Å². The monoisotopic (exact) mass is 307 g/mol. The smallest absolute Gasteiger partial charge is 0.264 e. The Morgan fingerprint density at radius 1 is 1.38 bits per heavy atom. The molecule has 1 aliphatic carbocycles. The van der Waals surface area contributed by atoms with Crippen LogP contribution in [0.1, 0.15) is 19.8 Å². The maximum atomic E-state index is 12.2. The first-order chi connectivity index (χ1) is 9.91. The maximum Gasteiger partial charge on any atom is 0.264 e. The highest BCUT2D eigenvalue weighted by atomic mass is 32.2. The molecule has 0 radical (unpaired) electrons. The zero-order valence-electron chi connectivity index (χ0n) is 11.2. The molecule has 1 saturated carbocycles. The third-order valence-corrected chi connectivity index (χ3v) is 4.86. The summed E-state index contributed by atoms with van der Waals surface area (Å²) in [6.45, 7) is 1.74. The number of nitrogens with one attached hydrogen (secondary N) is 1. The summed E-state index contributed by atoms with van der Waals surface area (Å²) >= 11 is 0. The third-order valence-electron chi connectivity index (χ3n) is 3.53. The van der Waals surface area contributed by atoms with Crippen LogP contribution >= 0.6 is 0 Å². The maximum absolute atomic E-state index is 12.2. The van der Waals surface area contributed by atoms with E-state index in [1.54, 1.807) is 19.1 Å². The van der Waals surface area contributed by atoms with E-state index in [2.05, 4.69) is 14.9 Å². The molecule has 1 amide bonds. The highest BCUT2D eigenvalue weighted by Crippen LogP contribution is 2.45. The number of hydrogen-bond acceptors (Lipinski definition) is 6. The van der Waals surface area contributed by atoms with Crippen LogP contribution in [0.4, 0.5) is 0 Å². The van der Waals surface area contributed by atoms with Gasteiger partial charge in [0.15, 0.2) is 0 Å². The number of sulfonamides is 1. The fraction of sp³-hybridized carbons (Fsp3) is 0.308. The lowest BCUT2D eigenvalue weighted by molar-refractivity contribution is -0.123. The fourth-order valence-corrected chi connectivity index (χ4v) is 2.96. The van der Waals surface area contributed by atoms with Gasteiger partial charge in [0.1, 0.15) is 0 Å². The summed E-state index contributed by atoms with van der Waals surface area (Å²) in [6.07, 6.45) is 2.57. The number of carbonyl (C=O) groups is 1. The largest absolute Gasteiger partial charge is 0.423 e.